The second kappa shape index (κ2) is 29.6. The lowest BCUT2D eigenvalue weighted by Gasteiger charge is -2.27. The van der Waals surface area contributed by atoms with Crippen molar-refractivity contribution in [2.45, 2.75) is 71.4 Å². The summed E-state index contributed by atoms with van der Waals surface area (Å²) in [4.78, 5) is 61.0. The van der Waals surface area contributed by atoms with Gasteiger partial charge in [0, 0.05) is 50.1 Å². The van der Waals surface area contributed by atoms with Crippen molar-refractivity contribution in [2.24, 2.45) is 5.11 Å². The highest BCUT2D eigenvalue weighted by Gasteiger charge is 2.25. The van der Waals surface area contributed by atoms with Gasteiger partial charge in [0.05, 0.1) is 72.0 Å². The fraction of sp³-hybridized carbons (Fsp3) is 0.490. The minimum atomic E-state index is -0.721. The topological polar surface area (TPSA) is 213 Å². The number of hydrogen-bond acceptors (Lipinski definition) is 12. The van der Waals surface area contributed by atoms with Crippen LogP contribution in [-0.4, -0.2) is 120 Å². The number of aromatic nitrogens is 1. The summed E-state index contributed by atoms with van der Waals surface area (Å²) in [7, 11) is 0. The van der Waals surface area contributed by atoms with Gasteiger partial charge < -0.3 is 39.1 Å². The van der Waals surface area contributed by atoms with Gasteiger partial charge in [-0.3, -0.25) is 19.3 Å². The lowest BCUT2D eigenvalue weighted by molar-refractivity contribution is -0.127. The molecule has 1 heterocycles. The van der Waals surface area contributed by atoms with Crippen molar-refractivity contribution >= 4 is 40.3 Å². The highest BCUT2D eigenvalue weighted by molar-refractivity contribution is 5.96. The average molecular weight is 912 g/mol. The zero-order valence-corrected chi connectivity index (χ0v) is 38.7. The van der Waals surface area contributed by atoms with E-state index in [4.69, 9.17) is 34.0 Å². The van der Waals surface area contributed by atoms with Crippen molar-refractivity contribution < 1.29 is 47.6 Å². The van der Waals surface area contributed by atoms with Gasteiger partial charge in [0.15, 0.2) is 0 Å². The number of carbonyl (C=O) groups is 4. The Hall–Kier alpha value is -5.94. The van der Waals surface area contributed by atoms with Crippen LogP contribution in [-0.2, 0) is 42.8 Å². The Kier molecular flexibility index (Phi) is 23.6. The maximum Gasteiger partial charge on any atom is 0.416 e. The molecule has 17 heteroatoms. The monoisotopic (exact) mass is 911 g/mol. The molecular weight excluding hydrogens is 847 g/mol. The van der Waals surface area contributed by atoms with Crippen LogP contribution >= 0.6 is 0 Å². The predicted octanol–water partition coefficient (Wildman–Crippen LogP) is 7.84. The van der Waals surface area contributed by atoms with E-state index < -0.39 is 23.6 Å². The minimum Gasteiger partial charge on any atom is -0.443 e. The first-order valence-corrected chi connectivity index (χ1v) is 22.4. The molecule has 0 unspecified atom stereocenters. The Morgan fingerprint density at radius 3 is 2.05 bits per heavy atom. The minimum absolute atomic E-state index is 0.0427. The van der Waals surface area contributed by atoms with Crippen LogP contribution in [0.3, 0.4) is 0 Å². The summed E-state index contributed by atoms with van der Waals surface area (Å²) < 4.78 is 33.0. The SMILES string of the molecule is Cc1ccnc(N(CCCC(=O)NCC(=O)N[C@@H](CC(=O)CCCOCCOCCOCCOCCOCCN=[N+]=[N-])c2ccc(-c3cccc4ccccc34)cc2)C(=O)OC(C)(C)C)c1. The number of carbonyl (C=O) groups excluding carboxylic acids is 4. The van der Waals surface area contributed by atoms with Crippen molar-refractivity contribution in [1.82, 2.24) is 15.6 Å². The fourth-order valence-electron chi connectivity index (χ4n) is 6.65. The van der Waals surface area contributed by atoms with E-state index in [1.807, 2.05) is 55.5 Å². The number of Topliss-reactive ketones (excluding diaryl/α,β-unsaturated/α-hetero) is 1. The van der Waals surface area contributed by atoms with E-state index in [2.05, 4.69) is 49.9 Å². The van der Waals surface area contributed by atoms with Crippen molar-refractivity contribution in [2.75, 3.05) is 90.6 Å². The molecule has 0 saturated carbocycles. The Labute approximate surface area is 387 Å². The molecule has 356 valence electrons. The first kappa shape index (κ1) is 52.7. The molecule has 0 aliphatic rings. The molecule has 0 bridgehead atoms. The number of ether oxygens (including phenoxy) is 6. The number of nitrogens with zero attached hydrogens (tertiary/aromatic N) is 5. The van der Waals surface area contributed by atoms with Crippen molar-refractivity contribution in [3.63, 3.8) is 0 Å². The quantitative estimate of drug-likeness (QED) is 0.0215. The second-order valence-electron chi connectivity index (χ2n) is 16.3. The molecule has 2 N–H and O–H groups in total. The van der Waals surface area contributed by atoms with Crippen molar-refractivity contribution in [1.29, 1.82) is 0 Å². The third-order valence-corrected chi connectivity index (χ3v) is 9.84. The molecule has 66 heavy (non-hydrogen) atoms. The molecule has 1 atom stereocenters. The van der Waals surface area contributed by atoms with E-state index in [9.17, 15) is 19.2 Å². The van der Waals surface area contributed by atoms with Gasteiger partial charge in [-0.25, -0.2) is 9.78 Å². The van der Waals surface area contributed by atoms with E-state index in [1.165, 1.54) is 4.90 Å². The van der Waals surface area contributed by atoms with E-state index >= 15 is 0 Å². The van der Waals surface area contributed by atoms with Gasteiger partial charge in [0.25, 0.3) is 0 Å². The zero-order valence-electron chi connectivity index (χ0n) is 38.7. The summed E-state index contributed by atoms with van der Waals surface area (Å²) in [6, 6.07) is 25.1. The molecule has 1 aromatic heterocycles. The molecule has 3 amide bonds. The molecule has 0 saturated heterocycles. The number of benzene rings is 3. The Balaban J connectivity index is 1.22. The number of anilines is 1. The molecule has 0 spiro atoms. The van der Waals surface area contributed by atoms with Crippen LogP contribution < -0.4 is 15.5 Å². The largest absolute Gasteiger partial charge is 0.443 e. The van der Waals surface area contributed by atoms with Gasteiger partial charge in [-0.15, -0.1) is 0 Å². The lowest BCUT2D eigenvalue weighted by atomic mass is 9.94. The molecule has 0 aliphatic heterocycles. The third-order valence-electron chi connectivity index (χ3n) is 9.84. The van der Waals surface area contributed by atoms with Crippen LogP contribution in [0.15, 0.2) is 90.2 Å². The summed E-state index contributed by atoms with van der Waals surface area (Å²) in [5.41, 5.74) is 11.3. The van der Waals surface area contributed by atoms with Gasteiger partial charge in [-0.1, -0.05) is 71.8 Å². The second-order valence-corrected chi connectivity index (χ2v) is 16.3. The molecule has 0 aliphatic carbocycles. The summed E-state index contributed by atoms with van der Waals surface area (Å²) in [6.07, 6.45) is 2.21. The van der Waals surface area contributed by atoms with Gasteiger partial charge in [-0.05, 0) is 91.2 Å². The zero-order chi connectivity index (χ0) is 47.4. The van der Waals surface area contributed by atoms with E-state index in [0.717, 1.165) is 33.0 Å². The molecule has 0 fully saturated rings. The molecule has 3 aromatic carbocycles. The maximum atomic E-state index is 13.3. The first-order valence-electron chi connectivity index (χ1n) is 22.4. The summed E-state index contributed by atoms with van der Waals surface area (Å²) >= 11 is 0. The van der Waals surface area contributed by atoms with E-state index in [0.29, 0.717) is 91.3 Å². The van der Waals surface area contributed by atoms with E-state index in [-0.39, 0.29) is 44.0 Å². The summed E-state index contributed by atoms with van der Waals surface area (Å²) in [5, 5.41) is 11.3. The van der Waals surface area contributed by atoms with Crippen LogP contribution in [0.5, 0.6) is 0 Å². The Bertz CT molecular complexity index is 2150. The molecule has 4 aromatic rings. The first-order chi connectivity index (χ1) is 31.9. The van der Waals surface area contributed by atoms with Crippen molar-refractivity contribution in [3.05, 3.63) is 107 Å². The van der Waals surface area contributed by atoms with Crippen LogP contribution in [0.25, 0.3) is 32.3 Å². The smallest absolute Gasteiger partial charge is 0.416 e. The molecule has 0 radical (unpaired) electrons. The highest BCUT2D eigenvalue weighted by Crippen LogP contribution is 2.30. The number of nitrogens with one attached hydrogen (secondary N) is 2. The number of hydrogen-bond donors (Lipinski definition) is 2. The van der Waals surface area contributed by atoms with Crippen LogP contribution in [0.2, 0.25) is 0 Å². The number of aryl methyl sites for hydroxylation is 1. The van der Waals surface area contributed by atoms with Gasteiger partial charge >= 0.3 is 6.09 Å². The standard InChI is InChI=1S/C49H65N7O10/c1-37-20-21-51-45(34-37)56(48(60)66-49(2,3)4)23-8-15-46(58)52-36-47(59)54-44(40-18-16-39(17-19-40)43-14-7-11-38-10-5-6-13-42(38)43)35-41(57)12-9-24-61-26-28-63-30-32-65-33-31-64-29-27-62-25-22-53-55-50/h5-7,10-11,13-14,16-21,34,44H,8-9,12,15,22-33,35-36H2,1-4H3,(H,52,58)(H,54,59)/t44-/m0/s1. The van der Waals surface area contributed by atoms with E-state index in [1.54, 1.807) is 33.0 Å². The summed E-state index contributed by atoms with van der Waals surface area (Å²) in [6.45, 7) is 11.4. The normalized spacial score (nSPS) is 11.7. The molecule has 17 nitrogen and oxygen atoms in total. The number of fused-ring (bicyclic) bond motifs is 1. The number of amides is 3. The number of ketones is 1. The number of pyridine rings is 1. The third kappa shape index (κ3) is 20.5. The van der Waals surface area contributed by atoms with Crippen molar-refractivity contribution in [3.8, 4) is 11.1 Å². The molecular formula is C49H65N7O10. The van der Waals surface area contributed by atoms with Crippen LogP contribution in [0.1, 0.15) is 70.0 Å². The Morgan fingerprint density at radius 1 is 0.758 bits per heavy atom. The number of azide groups is 1. The number of rotatable bonds is 31. The highest BCUT2D eigenvalue weighted by atomic mass is 16.6. The fourth-order valence-corrected chi connectivity index (χ4v) is 6.65. The molecule has 4 rings (SSSR count). The van der Waals surface area contributed by atoms with Gasteiger partial charge in [-0.2, -0.15) is 0 Å². The Morgan fingerprint density at radius 2 is 1.39 bits per heavy atom. The van der Waals surface area contributed by atoms with Crippen LogP contribution in [0.4, 0.5) is 10.6 Å². The van der Waals surface area contributed by atoms with Gasteiger partial charge in [0.2, 0.25) is 11.8 Å². The average Bonchev–Trinajstić information content (AvgIpc) is 3.29. The maximum absolute atomic E-state index is 13.3. The lowest BCUT2D eigenvalue weighted by Crippen LogP contribution is -2.40. The van der Waals surface area contributed by atoms with Gasteiger partial charge in [0.1, 0.15) is 17.2 Å². The summed E-state index contributed by atoms with van der Waals surface area (Å²) in [5.74, 6) is -0.425. The van der Waals surface area contributed by atoms with Crippen LogP contribution in [0, 0.1) is 6.92 Å². The predicted molar refractivity (Wildman–Crippen MR) is 252 cm³/mol.